The number of fused-ring (bicyclic) bond motifs is 1. The Morgan fingerprint density at radius 2 is 1.96 bits per heavy atom. The molecule has 0 spiro atoms. The third-order valence-electron chi connectivity index (χ3n) is 4.40. The van der Waals surface area contributed by atoms with Gasteiger partial charge in [0.1, 0.15) is 0 Å². The van der Waals surface area contributed by atoms with Crippen molar-refractivity contribution in [3.8, 4) is 6.07 Å². The number of carbonyl (C=O) groups excluding carboxylic acids is 2. The predicted molar refractivity (Wildman–Crippen MR) is 94.5 cm³/mol. The van der Waals surface area contributed by atoms with Gasteiger partial charge in [0.15, 0.2) is 0 Å². The highest BCUT2D eigenvalue weighted by atomic mass is 16.2. The van der Waals surface area contributed by atoms with Gasteiger partial charge < -0.3 is 10.6 Å². The minimum absolute atomic E-state index is 0.0152. The van der Waals surface area contributed by atoms with E-state index in [1.54, 1.807) is 12.1 Å². The predicted octanol–water partition coefficient (Wildman–Crippen LogP) is 2.77. The van der Waals surface area contributed by atoms with Crippen LogP contribution in [0.5, 0.6) is 0 Å². The van der Waals surface area contributed by atoms with E-state index in [1.165, 1.54) is 0 Å². The van der Waals surface area contributed by atoms with Crippen molar-refractivity contribution < 1.29 is 9.59 Å². The molecule has 0 radical (unpaired) electrons. The molecule has 5 nitrogen and oxygen atoms in total. The Bertz CT molecular complexity index is 822. The summed E-state index contributed by atoms with van der Waals surface area (Å²) in [7, 11) is 0. The minimum atomic E-state index is -0.171. The molecule has 1 aliphatic rings. The summed E-state index contributed by atoms with van der Waals surface area (Å²) in [6.07, 6.45) is 1.51. The fourth-order valence-corrected chi connectivity index (χ4v) is 2.94. The first-order valence-electron chi connectivity index (χ1n) is 8.30. The third kappa shape index (κ3) is 4.24. The molecule has 0 aliphatic carbocycles. The number of benzene rings is 2. The van der Waals surface area contributed by atoms with Crippen molar-refractivity contribution in [3.63, 3.8) is 0 Å². The third-order valence-corrected chi connectivity index (χ3v) is 4.40. The summed E-state index contributed by atoms with van der Waals surface area (Å²) in [6, 6.07) is 16.9. The van der Waals surface area contributed by atoms with Crippen LogP contribution in [0.15, 0.2) is 48.5 Å². The molecule has 5 heteroatoms. The van der Waals surface area contributed by atoms with Gasteiger partial charge in [-0.2, -0.15) is 5.26 Å². The standard InChI is InChI=1S/C20H19N3O2/c21-12-14-5-7-15(8-6-14)13-22-19(24)10-9-17-11-16-3-1-2-4-18(16)23-20(17)25/h1-8,17H,9-11,13H2,(H,22,24)(H,23,25). The maximum Gasteiger partial charge on any atom is 0.227 e. The minimum Gasteiger partial charge on any atom is -0.352 e. The summed E-state index contributed by atoms with van der Waals surface area (Å²) in [5.74, 6) is -0.259. The Morgan fingerprint density at radius 1 is 1.20 bits per heavy atom. The normalized spacial score (nSPS) is 15.6. The average Bonchev–Trinajstić information content (AvgIpc) is 2.65. The van der Waals surface area contributed by atoms with E-state index in [2.05, 4.69) is 16.7 Å². The largest absolute Gasteiger partial charge is 0.352 e. The molecule has 0 fully saturated rings. The van der Waals surface area contributed by atoms with Gasteiger partial charge in [0.05, 0.1) is 11.6 Å². The molecule has 0 saturated heterocycles. The van der Waals surface area contributed by atoms with Crippen LogP contribution in [0.4, 0.5) is 5.69 Å². The topological polar surface area (TPSA) is 82.0 Å². The highest BCUT2D eigenvalue weighted by Gasteiger charge is 2.26. The number of rotatable bonds is 5. The van der Waals surface area contributed by atoms with Crippen molar-refractivity contribution >= 4 is 17.5 Å². The lowest BCUT2D eigenvalue weighted by Gasteiger charge is -2.24. The average molecular weight is 333 g/mol. The van der Waals surface area contributed by atoms with Crippen LogP contribution >= 0.6 is 0 Å². The molecule has 1 atom stereocenters. The molecular weight excluding hydrogens is 314 g/mol. The smallest absolute Gasteiger partial charge is 0.227 e. The quantitative estimate of drug-likeness (QED) is 0.883. The van der Waals surface area contributed by atoms with Gasteiger partial charge in [-0.1, -0.05) is 30.3 Å². The number of hydrogen-bond acceptors (Lipinski definition) is 3. The van der Waals surface area contributed by atoms with Crippen LogP contribution in [0.3, 0.4) is 0 Å². The number of hydrogen-bond donors (Lipinski definition) is 2. The van der Waals surface area contributed by atoms with Crippen LogP contribution in [-0.2, 0) is 22.6 Å². The Labute approximate surface area is 146 Å². The van der Waals surface area contributed by atoms with E-state index < -0.39 is 0 Å². The molecule has 2 amide bonds. The van der Waals surface area contributed by atoms with Gasteiger partial charge in [-0.3, -0.25) is 9.59 Å². The Hall–Kier alpha value is -3.13. The van der Waals surface area contributed by atoms with Crippen molar-refractivity contribution in [3.05, 3.63) is 65.2 Å². The van der Waals surface area contributed by atoms with Crippen LogP contribution in [0.2, 0.25) is 0 Å². The molecule has 0 bridgehead atoms. The molecule has 2 aromatic rings. The molecule has 0 aromatic heterocycles. The summed E-state index contributed by atoms with van der Waals surface area (Å²) < 4.78 is 0. The summed E-state index contributed by atoms with van der Waals surface area (Å²) in [6.45, 7) is 0.421. The van der Waals surface area contributed by atoms with E-state index in [0.717, 1.165) is 16.8 Å². The second-order valence-corrected chi connectivity index (χ2v) is 6.17. The van der Waals surface area contributed by atoms with Crippen molar-refractivity contribution in [2.75, 3.05) is 5.32 Å². The van der Waals surface area contributed by atoms with Crippen molar-refractivity contribution in [2.24, 2.45) is 5.92 Å². The molecule has 3 rings (SSSR count). The Balaban J connectivity index is 1.47. The molecule has 126 valence electrons. The van der Waals surface area contributed by atoms with E-state index in [0.29, 0.717) is 31.4 Å². The van der Waals surface area contributed by atoms with Crippen LogP contribution < -0.4 is 10.6 Å². The summed E-state index contributed by atoms with van der Waals surface area (Å²) in [5, 5.41) is 14.5. The van der Waals surface area contributed by atoms with Gasteiger partial charge in [0.2, 0.25) is 11.8 Å². The number of amides is 2. The lowest BCUT2D eigenvalue weighted by Crippen LogP contribution is -2.31. The van der Waals surface area contributed by atoms with Gasteiger partial charge in [0, 0.05) is 24.6 Å². The highest BCUT2D eigenvalue weighted by molar-refractivity contribution is 5.96. The zero-order chi connectivity index (χ0) is 17.6. The zero-order valence-corrected chi connectivity index (χ0v) is 13.8. The van der Waals surface area contributed by atoms with E-state index in [4.69, 9.17) is 5.26 Å². The van der Waals surface area contributed by atoms with E-state index >= 15 is 0 Å². The van der Waals surface area contributed by atoms with Gasteiger partial charge in [-0.05, 0) is 42.2 Å². The summed E-state index contributed by atoms with van der Waals surface area (Å²) >= 11 is 0. The van der Waals surface area contributed by atoms with E-state index in [1.807, 2.05) is 36.4 Å². The van der Waals surface area contributed by atoms with E-state index in [9.17, 15) is 9.59 Å². The van der Waals surface area contributed by atoms with Crippen molar-refractivity contribution in [1.82, 2.24) is 5.32 Å². The fraction of sp³-hybridized carbons (Fsp3) is 0.250. The molecule has 2 aromatic carbocycles. The second kappa shape index (κ2) is 7.63. The van der Waals surface area contributed by atoms with Crippen LogP contribution in [0, 0.1) is 17.2 Å². The molecule has 1 aliphatic heterocycles. The van der Waals surface area contributed by atoms with Gasteiger partial charge >= 0.3 is 0 Å². The summed E-state index contributed by atoms with van der Waals surface area (Å²) in [5.41, 5.74) is 3.52. The van der Waals surface area contributed by atoms with Crippen LogP contribution in [0.1, 0.15) is 29.5 Å². The maximum absolute atomic E-state index is 12.1. The number of nitrogens with zero attached hydrogens (tertiary/aromatic N) is 1. The van der Waals surface area contributed by atoms with E-state index in [-0.39, 0.29) is 17.7 Å². The monoisotopic (exact) mass is 333 g/mol. The van der Waals surface area contributed by atoms with Crippen molar-refractivity contribution in [2.45, 2.75) is 25.8 Å². The van der Waals surface area contributed by atoms with Gasteiger partial charge in [-0.25, -0.2) is 0 Å². The molecule has 0 saturated carbocycles. The fourth-order valence-electron chi connectivity index (χ4n) is 2.94. The number of para-hydroxylation sites is 1. The number of nitriles is 1. The number of nitrogens with one attached hydrogen (secondary N) is 2. The zero-order valence-electron chi connectivity index (χ0n) is 13.8. The Morgan fingerprint density at radius 3 is 2.72 bits per heavy atom. The molecular formula is C20H19N3O2. The molecule has 1 unspecified atom stereocenters. The SMILES string of the molecule is N#Cc1ccc(CNC(=O)CCC2Cc3ccccc3NC2=O)cc1. The van der Waals surface area contributed by atoms with Gasteiger partial charge in [0.25, 0.3) is 0 Å². The van der Waals surface area contributed by atoms with Gasteiger partial charge in [-0.15, -0.1) is 0 Å². The van der Waals surface area contributed by atoms with Crippen LogP contribution in [-0.4, -0.2) is 11.8 Å². The molecule has 25 heavy (non-hydrogen) atoms. The molecule has 1 heterocycles. The first-order chi connectivity index (χ1) is 12.2. The Kier molecular flexibility index (Phi) is 5.10. The highest BCUT2D eigenvalue weighted by Crippen LogP contribution is 2.27. The second-order valence-electron chi connectivity index (χ2n) is 6.17. The first kappa shape index (κ1) is 16.7. The first-order valence-corrected chi connectivity index (χ1v) is 8.30. The van der Waals surface area contributed by atoms with Crippen molar-refractivity contribution in [1.29, 1.82) is 5.26 Å². The summed E-state index contributed by atoms with van der Waals surface area (Å²) in [4.78, 5) is 24.2. The lowest BCUT2D eigenvalue weighted by molar-refractivity contribution is -0.122. The maximum atomic E-state index is 12.1. The lowest BCUT2D eigenvalue weighted by atomic mass is 9.89. The number of carbonyl (C=O) groups is 2. The van der Waals surface area contributed by atoms with Crippen LogP contribution in [0.25, 0.3) is 0 Å². The number of anilines is 1. The molecule has 2 N–H and O–H groups in total.